The Labute approximate surface area is 124 Å². The molecule has 0 aliphatic rings. The first-order valence-corrected chi connectivity index (χ1v) is 6.77. The van der Waals surface area contributed by atoms with Gasteiger partial charge in [-0.1, -0.05) is 12.1 Å². The molecule has 21 heavy (non-hydrogen) atoms. The Morgan fingerprint density at radius 3 is 2.71 bits per heavy atom. The molecule has 2 rings (SSSR count). The fourth-order valence-electron chi connectivity index (χ4n) is 1.71. The summed E-state index contributed by atoms with van der Waals surface area (Å²) in [6.07, 6.45) is 0. The number of ether oxygens (including phenoxy) is 1. The van der Waals surface area contributed by atoms with E-state index in [4.69, 9.17) is 11.0 Å². The van der Waals surface area contributed by atoms with E-state index in [1.54, 1.807) is 12.1 Å². The average Bonchev–Trinajstić information content (AvgIpc) is 2.82. The zero-order chi connectivity index (χ0) is 15.4. The number of anilines is 2. The minimum atomic E-state index is -0.580. The van der Waals surface area contributed by atoms with Crippen LogP contribution >= 0.6 is 11.3 Å². The second-order valence-electron chi connectivity index (χ2n) is 4.13. The van der Waals surface area contributed by atoms with Crippen molar-refractivity contribution in [1.29, 1.82) is 5.26 Å². The normalized spacial score (nSPS) is 9.95. The lowest BCUT2D eigenvalue weighted by atomic mass is 10.2. The number of hydrogen-bond acceptors (Lipinski definition) is 6. The molecule has 2 aromatic rings. The number of halogens is 1. The molecule has 1 aromatic heterocycles. The molecule has 5 nitrogen and oxygen atoms in total. The SMILES string of the molecule is COC(=O)c1sc(NCc2ccc(F)cc2)c(C#N)c1N. The van der Waals surface area contributed by atoms with Crippen molar-refractivity contribution in [3.63, 3.8) is 0 Å². The van der Waals surface area contributed by atoms with Crippen LogP contribution < -0.4 is 11.1 Å². The fraction of sp³-hybridized carbons (Fsp3) is 0.143. The summed E-state index contributed by atoms with van der Waals surface area (Å²) in [5.41, 5.74) is 6.94. The predicted octanol–water partition coefficient (Wildman–Crippen LogP) is 2.74. The standard InChI is InChI=1S/C14H12FN3O2S/c1-20-14(19)12-11(17)10(6-16)13(21-12)18-7-8-2-4-9(15)5-3-8/h2-5,18H,7,17H2,1H3. The van der Waals surface area contributed by atoms with Crippen LogP contribution in [0.1, 0.15) is 20.8 Å². The molecule has 7 heteroatoms. The van der Waals surface area contributed by atoms with Gasteiger partial charge in [-0.3, -0.25) is 0 Å². The molecular formula is C14H12FN3O2S. The molecular weight excluding hydrogens is 293 g/mol. The van der Waals surface area contributed by atoms with Gasteiger partial charge in [0.2, 0.25) is 0 Å². The molecule has 3 N–H and O–H groups in total. The van der Waals surface area contributed by atoms with Crippen LogP contribution in [0.2, 0.25) is 0 Å². The maximum atomic E-state index is 12.8. The third kappa shape index (κ3) is 3.12. The Morgan fingerprint density at radius 1 is 1.48 bits per heavy atom. The summed E-state index contributed by atoms with van der Waals surface area (Å²) in [5, 5.41) is 12.6. The summed E-state index contributed by atoms with van der Waals surface area (Å²) in [6, 6.07) is 7.93. The fourth-order valence-corrected chi connectivity index (χ4v) is 2.69. The lowest BCUT2D eigenvalue weighted by Gasteiger charge is -2.04. The maximum absolute atomic E-state index is 12.8. The van der Waals surface area contributed by atoms with Crippen molar-refractivity contribution in [3.05, 3.63) is 46.1 Å². The van der Waals surface area contributed by atoms with Gasteiger partial charge in [-0.25, -0.2) is 9.18 Å². The molecule has 0 spiro atoms. The average molecular weight is 305 g/mol. The molecule has 108 valence electrons. The number of nitrogen functional groups attached to an aromatic ring is 1. The van der Waals surface area contributed by atoms with Crippen molar-refractivity contribution < 1.29 is 13.9 Å². The lowest BCUT2D eigenvalue weighted by Crippen LogP contribution is -2.02. The monoisotopic (exact) mass is 305 g/mol. The van der Waals surface area contributed by atoms with E-state index in [-0.39, 0.29) is 21.9 Å². The van der Waals surface area contributed by atoms with Gasteiger partial charge in [0.1, 0.15) is 27.3 Å². The molecule has 1 aromatic carbocycles. The van der Waals surface area contributed by atoms with Crippen LogP contribution in [0.25, 0.3) is 0 Å². The number of carbonyl (C=O) groups excluding carboxylic acids is 1. The minimum Gasteiger partial charge on any atom is -0.465 e. The van der Waals surface area contributed by atoms with Crippen molar-refractivity contribution in [2.45, 2.75) is 6.54 Å². The Balaban J connectivity index is 2.22. The highest BCUT2D eigenvalue weighted by Crippen LogP contribution is 2.35. The number of thiophene rings is 1. The molecule has 1 heterocycles. The Kier molecular flexibility index (Phi) is 4.40. The topological polar surface area (TPSA) is 88.1 Å². The summed E-state index contributed by atoms with van der Waals surface area (Å²) >= 11 is 1.06. The molecule has 0 aliphatic heterocycles. The van der Waals surface area contributed by atoms with Gasteiger partial charge in [0, 0.05) is 6.54 Å². The van der Waals surface area contributed by atoms with Crippen LogP contribution in [0.15, 0.2) is 24.3 Å². The van der Waals surface area contributed by atoms with Crippen LogP contribution in [0, 0.1) is 17.1 Å². The predicted molar refractivity (Wildman–Crippen MR) is 78.5 cm³/mol. The van der Waals surface area contributed by atoms with Gasteiger partial charge < -0.3 is 15.8 Å². The Bertz CT molecular complexity index is 704. The highest BCUT2D eigenvalue weighted by atomic mass is 32.1. The zero-order valence-corrected chi connectivity index (χ0v) is 12.0. The first-order chi connectivity index (χ1) is 10.1. The number of methoxy groups -OCH3 is 1. The largest absolute Gasteiger partial charge is 0.465 e. The smallest absolute Gasteiger partial charge is 0.350 e. The number of carbonyl (C=O) groups is 1. The first kappa shape index (κ1) is 14.8. The molecule has 0 saturated heterocycles. The van der Waals surface area contributed by atoms with Gasteiger partial charge in [-0.15, -0.1) is 11.3 Å². The van der Waals surface area contributed by atoms with E-state index in [0.29, 0.717) is 11.5 Å². The number of nitriles is 1. The van der Waals surface area contributed by atoms with Gasteiger partial charge in [0.15, 0.2) is 0 Å². The summed E-state index contributed by atoms with van der Waals surface area (Å²) in [5.74, 6) is -0.895. The van der Waals surface area contributed by atoms with Crippen molar-refractivity contribution in [1.82, 2.24) is 0 Å². The number of nitrogens with two attached hydrogens (primary N) is 1. The number of hydrogen-bond donors (Lipinski definition) is 2. The minimum absolute atomic E-state index is 0.107. The van der Waals surface area contributed by atoms with Crippen LogP contribution in [0.3, 0.4) is 0 Å². The third-order valence-electron chi connectivity index (χ3n) is 2.79. The van der Waals surface area contributed by atoms with E-state index < -0.39 is 5.97 Å². The molecule has 0 unspecified atom stereocenters. The van der Waals surface area contributed by atoms with Gasteiger partial charge in [0.25, 0.3) is 0 Å². The molecule has 0 atom stereocenters. The molecule has 0 aliphatic carbocycles. The number of rotatable bonds is 4. The van der Waals surface area contributed by atoms with Gasteiger partial charge >= 0.3 is 5.97 Å². The second kappa shape index (κ2) is 6.24. The molecule has 0 saturated carbocycles. The van der Waals surface area contributed by atoms with E-state index >= 15 is 0 Å². The van der Waals surface area contributed by atoms with Gasteiger partial charge in [-0.2, -0.15) is 5.26 Å². The lowest BCUT2D eigenvalue weighted by molar-refractivity contribution is 0.0607. The quantitative estimate of drug-likeness (QED) is 0.848. The van der Waals surface area contributed by atoms with Gasteiger partial charge in [0.05, 0.1) is 12.8 Å². The summed E-state index contributed by atoms with van der Waals surface area (Å²) in [6.45, 7) is 0.384. The number of esters is 1. The van der Waals surface area contributed by atoms with Crippen molar-refractivity contribution in [2.24, 2.45) is 0 Å². The summed E-state index contributed by atoms with van der Waals surface area (Å²) in [4.78, 5) is 11.7. The highest BCUT2D eigenvalue weighted by molar-refractivity contribution is 7.18. The molecule has 0 radical (unpaired) electrons. The molecule has 0 amide bonds. The van der Waals surface area contributed by atoms with Crippen LogP contribution in [-0.2, 0) is 11.3 Å². The number of nitrogens with zero attached hydrogens (tertiary/aromatic N) is 1. The van der Waals surface area contributed by atoms with E-state index in [0.717, 1.165) is 16.9 Å². The van der Waals surface area contributed by atoms with E-state index in [1.807, 2.05) is 6.07 Å². The highest BCUT2D eigenvalue weighted by Gasteiger charge is 2.21. The summed E-state index contributed by atoms with van der Waals surface area (Å²) in [7, 11) is 1.25. The van der Waals surface area contributed by atoms with Crippen LogP contribution in [-0.4, -0.2) is 13.1 Å². The van der Waals surface area contributed by atoms with Crippen molar-refractivity contribution >= 4 is 28.0 Å². The van der Waals surface area contributed by atoms with Gasteiger partial charge in [-0.05, 0) is 17.7 Å². The zero-order valence-electron chi connectivity index (χ0n) is 11.1. The van der Waals surface area contributed by atoms with Crippen molar-refractivity contribution in [3.8, 4) is 6.07 Å². The number of benzene rings is 1. The summed E-state index contributed by atoms with van der Waals surface area (Å²) < 4.78 is 17.4. The van der Waals surface area contributed by atoms with E-state index in [1.165, 1.54) is 19.2 Å². The van der Waals surface area contributed by atoms with Crippen molar-refractivity contribution in [2.75, 3.05) is 18.2 Å². The first-order valence-electron chi connectivity index (χ1n) is 5.95. The maximum Gasteiger partial charge on any atom is 0.350 e. The molecule has 0 bridgehead atoms. The van der Waals surface area contributed by atoms with E-state index in [9.17, 15) is 9.18 Å². The van der Waals surface area contributed by atoms with Crippen LogP contribution in [0.4, 0.5) is 15.1 Å². The Morgan fingerprint density at radius 2 is 2.14 bits per heavy atom. The second-order valence-corrected chi connectivity index (χ2v) is 5.15. The Hall–Kier alpha value is -2.59. The number of nitrogens with one attached hydrogen (secondary N) is 1. The molecule has 0 fully saturated rings. The van der Waals surface area contributed by atoms with E-state index in [2.05, 4.69) is 10.1 Å². The third-order valence-corrected chi connectivity index (χ3v) is 3.94. The van der Waals surface area contributed by atoms with Crippen LogP contribution in [0.5, 0.6) is 0 Å².